The molecule has 0 atom stereocenters. The molecule has 3 heterocycles. The standard InChI is InChI=1S/C22H21ClFN5OS.C21H24ClFN4S/c1-22(2,3)13-5-7-14(8-6-13)31-28-18-10-17(24)16(23)9-15(18)20-26-27-21(29(20)4)19-11-30-12-25-19;1-6-19-24-25-20(27(19)5)15-11-16(22)17(23)12-18(15)26-28-14-9-7-13(8-10-14)21(2,3)4/h5-12,28H,1-4H3;7-12,26H,6H2,1-5H3. The van der Waals surface area contributed by atoms with Gasteiger partial charge in [0.1, 0.15) is 29.4 Å². The topological polar surface area (TPSA) is 112 Å². The first-order chi connectivity index (χ1) is 27.9. The van der Waals surface area contributed by atoms with E-state index < -0.39 is 11.6 Å². The number of halogens is 4. The number of hydrogen-bond donors (Lipinski definition) is 2. The van der Waals surface area contributed by atoms with E-state index in [1.807, 2.05) is 30.7 Å². The molecule has 3 aromatic heterocycles. The van der Waals surface area contributed by atoms with Crippen molar-refractivity contribution in [2.24, 2.45) is 14.1 Å². The molecule has 0 fully saturated rings. The van der Waals surface area contributed by atoms with Gasteiger partial charge in [-0.15, -0.1) is 20.4 Å². The first-order valence-corrected chi connectivity index (χ1v) is 21.0. The summed E-state index contributed by atoms with van der Waals surface area (Å²) in [7, 11) is 3.70. The van der Waals surface area contributed by atoms with E-state index in [2.05, 4.69) is 113 Å². The predicted molar refractivity (Wildman–Crippen MR) is 237 cm³/mol. The Kier molecular flexibility index (Phi) is 13.4. The quantitative estimate of drug-likeness (QED) is 0.129. The van der Waals surface area contributed by atoms with E-state index in [0.717, 1.165) is 22.0 Å². The summed E-state index contributed by atoms with van der Waals surface area (Å²) in [4.78, 5) is 6.14. The molecule has 0 aliphatic heterocycles. The molecule has 0 saturated carbocycles. The Morgan fingerprint density at radius 3 is 1.49 bits per heavy atom. The Morgan fingerprint density at radius 1 is 0.644 bits per heavy atom. The minimum atomic E-state index is -0.518. The van der Waals surface area contributed by atoms with Crippen LogP contribution in [0.15, 0.2) is 99.7 Å². The summed E-state index contributed by atoms with van der Waals surface area (Å²) < 4.78 is 43.6. The molecule has 308 valence electrons. The zero-order valence-electron chi connectivity index (χ0n) is 34.2. The number of hydrogen-bond acceptors (Lipinski definition) is 10. The highest BCUT2D eigenvalue weighted by Crippen LogP contribution is 2.37. The van der Waals surface area contributed by atoms with Gasteiger partial charge in [-0.1, -0.05) is 95.9 Å². The molecular weight excluding hydrogens is 832 g/mol. The summed E-state index contributed by atoms with van der Waals surface area (Å²) in [5, 5.41) is 17.0. The van der Waals surface area contributed by atoms with E-state index in [-0.39, 0.29) is 20.9 Å². The number of anilines is 2. The first kappa shape index (κ1) is 43.7. The highest BCUT2D eigenvalue weighted by atomic mass is 35.5. The molecule has 0 spiro atoms. The number of nitrogens with one attached hydrogen (secondary N) is 2. The molecule has 0 amide bonds. The molecule has 0 bridgehead atoms. The van der Waals surface area contributed by atoms with Crippen LogP contribution in [0.3, 0.4) is 0 Å². The van der Waals surface area contributed by atoms with E-state index in [1.54, 1.807) is 23.7 Å². The van der Waals surface area contributed by atoms with Crippen molar-refractivity contribution in [3.05, 3.63) is 124 Å². The van der Waals surface area contributed by atoms with Crippen LogP contribution >= 0.6 is 47.1 Å². The van der Waals surface area contributed by atoms with E-state index in [9.17, 15) is 8.78 Å². The lowest BCUT2D eigenvalue weighted by Crippen LogP contribution is -2.10. The second-order valence-electron chi connectivity index (χ2n) is 15.7. The highest BCUT2D eigenvalue weighted by molar-refractivity contribution is 8.00. The Bertz CT molecular complexity index is 2530. The first-order valence-electron chi connectivity index (χ1n) is 18.7. The summed E-state index contributed by atoms with van der Waals surface area (Å²) in [6, 6.07) is 22.5. The molecular formula is C43H45Cl2F2N9OS2. The van der Waals surface area contributed by atoms with Gasteiger partial charge in [-0.3, -0.25) is 0 Å². The van der Waals surface area contributed by atoms with E-state index in [0.29, 0.717) is 45.7 Å². The molecule has 2 N–H and O–H groups in total. The summed E-state index contributed by atoms with van der Waals surface area (Å²) in [5.41, 5.74) is 5.71. The van der Waals surface area contributed by atoms with Gasteiger partial charge in [-0.2, -0.15) is 0 Å². The van der Waals surface area contributed by atoms with Crippen molar-refractivity contribution in [3.63, 3.8) is 0 Å². The van der Waals surface area contributed by atoms with Crippen LogP contribution in [0.5, 0.6) is 0 Å². The SMILES string of the molecule is CCc1nnc(-c2cc(Cl)c(F)cc2NSc2ccc(C(C)(C)C)cc2)n1C.Cn1c(-c2cocn2)nnc1-c1cc(Cl)c(F)cc1NSc1ccc(C(C)(C)C)cc1. The summed E-state index contributed by atoms with van der Waals surface area (Å²) in [6.45, 7) is 15.1. The smallest absolute Gasteiger partial charge is 0.185 e. The number of aryl methyl sites for hydroxylation is 1. The monoisotopic (exact) mass is 875 g/mol. The maximum atomic E-state index is 14.3. The fourth-order valence-electron chi connectivity index (χ4n) is 5.92. The number of nitrogens with zero attached hydrogens (tertiary/aromatic N) is 7. The maximum Gasteiger partial charge on any atom is 0.185 e. The van der Waals surface area contributed by atoms with E-state index >= 15 is 0 Å². The average molecular weight is 877 g/mol. The zero-order chi connectivity index (χ0) is 42.6. The van der Waals surface area contributed by atoms with Crippen LogP contribution in [0, 0.1) is 11.6 Å². The lowest BCUT2D eigenvalue weighted by Gasteiger charge is -2.19. The number of aromatic nitrogens is 7. The molecule has 16 heteroatoms. The average Bonchev–Trinajstić information content (AvgIpc) is 3.95. The highest BCUT2D eigenvalue weighted by Gasteiger charge is 2.21. The molecule has 0 radical (unpaired) electrons. The third-order valence-corrected chi connectivity index (χ3v) is 11.7. The third-order valence-electron chi connectivity index (χ3n) is 9.42. The Labute approximate surface area is 361 Å². The van der Waals surface area contributed by atoms with Crippen molar-refractivity contribution in [3.8, 4) is 34.3 Å². The van der Waals surface area contributed by atoms with Gasteiger partial charge in [0.15, 0.2) is 23.9 Å². The summed E-state index contributed by atoms with van der Waals surface area (Å²) in [5.74, 6) is 1.55. The summed E-state index contributed by atoms with van der Waals surface area (Å²) >= 11 is 14.9. The van der Waals surface area contributed by atoms with Crippen molar-refractivity contribution in [1.82, 2.24) is 34.5 Å². The van der Waals surface area contributed by atoms with Crippen LogP contribution in [0.4, 0.5) is 20.2 Å². The van der Waals surface area contributed by atoms with Gasteiger partial charge in [0, 0.05) is 53.6 Å². The van der Waals surface area contributed by atoms with Crippen molar-refractivity contribution in [2.75, 3.05) is 9.44 Å². The largest absolute Gasteiger partial charge is 0.451 e. The molecule has 0 saturated heterocycles. The van der Waals surface area contributed by atoms with Crippen LogP contribution in [-0.2, 0) is 31.3 Å². The Balaban J connectivity index is 0.000000199. The second-order valence-corrected chi connectivity index (χ2v) is 18.3. The normalized spacial score (nSPS) is 11.7. The number of benzene rings is 4. The van der Waals surface area contributed by atoms with Gasteiger partial charge in [-0.25, -0.2) is 13.8 Å². The minimum absolute atomic E-state index is 0.00562. The molecule has 4 aromatic carbocycles. The predicted octanol–water partition coefficient (Wildman–Crippen LogP) is 12.6. The van der Waals surface area contributed by atoms with Crippen LogP contribution in [0.2, 0.25) is 10.0 Å². The molecule has 0 unspecified atom stereocenters. The van der Waals surface area contributed by atoms with Gasteiger partial charge < -0.3 is 23.0 Å². The minimum Gasteiger partial charge on any atom is -0.451 e. The van der Waals surface area contributed by atoms with Crippen molar-refractivity contribution >= 4 is 58.5 Å². The Morgan fingerprint density at radius 2 is 1.08 bits per heavy atom. The van der Waals surface area contributed by atoms with Gasteiger partial charge in [0.25, 0.3) is 0 Å². The van der Waals surface area contributed by atoms with E-state index in [4.69, 9.17) is 27.6 Å². The van der Waals surface area contributed by atoms with Crippen LogP contribution < -0.4 is 9.44 Å². The van der Waals surface area contributed by atoms with Crippen molar-refractivity contribution in [2.45, 2.75) is 75.5 Å². The van der Waals surface area contributed by atoms with Crippen molar-refractivity contribution < 1.29 is 13.2 Å². The molecule has 7 aromatic rings. The van der Waals surface area contributed by atoms with Gasteiger partial charge in [0.2, 0.25) is 0 Å². The molecule has 0 aliphatic carbocycles. The maximum absolute atomic E-state index is 14.3. The lowest BCUT2D eigenvalue weighted by molar-refractivity contribution is 0.558. The molecule has 0 aliphatic rings. The molecule has 10 nitrogen and oxygen atoms in total. The Hall–Kier alpha value is -4.89. The van der Waals surface area contributed by atoms with Crippen LogP contribution in [-0.4, -0.2) is 34.5 Å². The second kappa shape index (κ2) is 18.2. The van der Waals surface area contributed by atoms with Crippen LogP contribution in [0.25, 0.3) is 34.3 Å². The fraction of sp³-hybridized carbons (Fsp3) is 0.279. The number of oxazole rings is 1. The van der Waals surface area contributed by atoms with Gasteiger partial charge in [0.05, 0.1) is 21.4 Å². The van der Waals surface area contributed by atoms with Crippen molar-refractivity contribution in [1.29, 1.82) is 0 Å². The zero-order valence-corrected chi connectivity index (χ0v) is 37.3. The fourth-order valence-corrected chi connectivity index (χ4v) is 7.59. The molecule has 59 heavy (non-hydrogen) atoms. The van der Waals surface area contributed by atoms with Crippen LogP contribution in [0.1, 0.15) is 65.4 Å². The van der Waals surface area contributed by atoms with E-state index in [1.165, 1.54) is 59.8 Å². The van der Waals surface area contributed by atoms with Gasteiger partial charge in [-0.05, 0) is 82.3 Å². The van der Waals surface area contributed by atoms with Gasteiger partial charge >= 0.3 is 0 Å². The molecule has 7 rings (SSSR count). The third kappa shape index (κ3) is 10.3. The summed E-state index contributed by atoms with van der Waals surface area (Å²) in [6.07, 6.45) is 3.57. The number of rotatable bonds is 10. The lowest BCUT2D eigenvalue weighted by atomic mass is 9.87.